The third-order valence-corrected chi connectivity index (χ3v) is 4.70. The second-order valence-electron chi connectivity index (χ2n) is 5.70. The molecule has 1 heteroatoms. The zero-order valence-corrected chi connectivity index (χ0v) is 14.0. The summed E-state index contributed by atoms with van der Waals surface area (Å²) in [6.07, 6.45) is 9.18. The van der Waals surface area contributed by atoms with Crippen LogP contribution in [0.2, 0.25) is 0 Å². The minimum atomic E-state index is 0. The molecule has 1 aromatic carbocycles. The van der Waals surface area contributed by atoms with Crippen molar-refractivity contribution in [1.29, 1.82) is 0 Å². The maximum Gasteiger partial charge on any atom is 0 e. The van der Waals surface area contributed by atoms with Gasteiger partial charge in [0.05, 0.1) is 0 Å². The van der Waals surface area contributed by atoms with E-state index in [1.165, 1.54) is 38.5 Å². The molecule has 2 aliphatic carbocycles. The van der Waals surface area contributed by atoms with E-state index in [0.29, 0.717) is 0 Å². The van der Waals surface area contributed by atoms with Crippen molar-refractivity contribution in [3.05, 3.63) is 48.2 Å². The Balaban J connectivity index is 0.00000120. The van der Waals surface area contributed by atoms with Gasteiger partial charge in [0.25, 0.3) is 0 Å². The van der Waals surface area contributed by atoms with E-state index in [4.69, 9.17) is 0 Å². The molecule has 2 unspecified atom stereocenters. The quantitative estimate of drug-likeness (QED) is 0.694. The Morgan fingerprint density at radius 2 is 2.06 bits per heavy atom. The molecule has 1 saturated carbocycles. The third-order valence-electron chi connectivity index (χ3n) is 4.70. The van der Waals surface area contributed by atoms with Gasteiger partial charge in [0.2, 0.25) is 0 Å². The van der Waals surface area contributed by atoms with Gasteiger partial charge in [-0.25, -0.2) is 12.8 Å². The Labute approximate surface area is 137 Å². The molecule has 0 amide bonds. The number of benzene rings is 1. The van der Waals surface area contributed by atoms with Gasteiger partial charge in [-0.3, -0.25) is 0 Å². The Morgan fingerprint density at radius 1 is 1.22 bits per heavy atom. The largest absolute Gasteiger partial charge is 0.346 e. The van der Waals surface area contributed by atoms with Crippen LogP contribution in [0, 0.1) is 18.8 Å². The van der Waals surface area contributed by atoms with Gasteiger partial charge in [0.15, 0.2) is 0 Å². The van der Waals surface area contributed by atoms with Crippen molar-refractivity contribution in [2.24, 2.45) is 5.92 Å². The predicted molar refractivity (Wildman–Crippen MR) is 72.7 cm³/mol. The zero-order chi connectivity index (χ0) is 11.7. The molecule has 0 spiro atoms. The molecular weight excluding hydrogens is 293 g/mol. The fourth-order valence-electron chi connectivity index (χ4n) is 3.86. The molecule has 1 aromatic rings. The average Bonchev–Trinajstić information content (AvgIpc) is 2.39. The fraction of sp³-hybridized carbons (Fsp3) is 0.529. The van der Waals surface area contributed by atoms with Crippen LogP contribution in [-0.2, 0) is 39.1 Å². The second-order valence-corrected chi connectivity index (χ2v) is 5.70. The van der Waals surface area contributed by atoms with Crippen molar-refractivity contribution in [1.82, 2.24) is 0 Å². The Morgan fingerprint density at radius 3 is 2.89 bits per heavy atom. The monoisotopic (exact) mass is 315 g/mol. The summed E-state index contributed by atoms with van der Waals surface area (Å²) in [4.78, 5) is 0. The Kier molecular flexibility index (Phi) is 5.45. The molecule has 0 nitrogen and oxygen atoms in total. The van der Waals surface area contributed by atoms with Crippen LogP contribution in [0.3, 0.4) is 0 Å². The first-order valence-electron chi connectivity index (χ1n) is 7.09. The van der Waals surface area contributed by atoms with Crippen LogP contribution >= 0.6 is 0 Å². The summed E-state index contributed by atoms with van der Waals surface area (Å²) < 4.78 is 0. The topological polar surface area (TPSA) is 0 Å². The summed E-state index contributed by atoms with van der Waals surface area (Å²) >= 11 is 0. The Hall–Kier alpha value is 0.324. The molecule has 1 fully saturated rings. The van der Waals surface area contributed by atoms with Crippen molar-refractivity contribution < 1.29 is 32.7 Å². The van der Waals surface area contributed by atoms with Crippen molar-refractivity contribution in [3.63, 3.8) is 0 Å². The van der Waals surface area contributed by atoms with E-state index in [1.54, 1.807) is 17.0 Å². The smallest absolute Gasteiger partial charge is 0 e. The number of hydrogen-bond acceptors (Lipinski definition) is 0. The Bertz CT molecular complexity index is 385. The molecule has 0 aliphatic heterocycles. The molecule has 0 aromatic heterocycles. The molecule has 0 saturated heterocycles. The minimum Gasteiger partial charge on any atom is -0.346 e. The molecule has 95 valence electrons. The van der Waals surface area contributed by atoms with Crippen LogP contribution in [-0.4, -0.2) is 0 Å². The van der Waals surface area contributed by atoms with Gasteiger partial charge >= 0.3 is 0 Å². The fourth-order valence-corrected chi connectivity index (χ4v) is 3.86. The molecular formula is C17H22Y-2. The normalized spacial score (nSPS) is 26.9. The van der Waals surface area contributed by atoms with Crippen LogP contribution < -0.4 is 0 Å². The van der Waals surface area contributed by atoms with Crippen LogP contribution in [0.15, 0.2) is 24.3 Å². The second kappa shape index (κ2) is 6.66. The summed E-state index contributed by atoms with van der Waals surface area (Å²) in [7, 11) is 0. The number of aryl methyl sites for hydroxylation is 1. The minimum absolute atomic E-state index is 0. The predicted octanol–water partition coefficient (Wildman–Crippen LogP) is 4.70. The summed E-state index contributed by atoms with van der Waals surface area (Å²) in [5.41, 5.74) is 3.28. The van der Waals surface area contributed by atoms with Crippen molar-refractivity contribution in [2.45, 2.75) is 50.9 Å². The molecule has 2 atom stereocenters. The molecule has 18 heavy (non-hydrogen) atoms. The number of rotatable bonds is 2. The van der Waals surface area contributed by atoms with Gasteiger partial charge in [0, 0.05) is 32.7 Å². The first-order chi connectivity index (χ1) is 8.38. The van der Waals surface area contributed by atoms with E-state index in [9.17, 15) is 0 Å². The van der Waals surface area contributed by atoms with E-state index in [0.717, 1.165) is 18.3 Å². The molecule has 2 aliphatic rings. The number of hydrogen-bond donors (Lipinski definition) is 0. The standard InChI is InChI=1S/C17H22.Y/c1-2-5-13-8-11-17-15(12-13)10-9-14-6-3-4-7-16(14)17;/h3-4,6-7,15,17H,1-2,5,8-12H2;/q-2;. The third kappa shape index (κ3) is 2.91. The van der Waals surface area contributed by atoms with Gasteiger partial charge in [-0.1, -0.05) is 36.6 Å². The van der Waals surface area contributed by atoms with E-state index < -0.39 is 0 Å². The summed E-state index contributed by atoms with van der Waals surface area (Å²) in [5.74, 6) is 3.58. The molecule has 0 heterocycles. The van der Waals surface area contributed by atoms with Gasteiger partial charge < -0.3 is 12.8 Å². The molecule has 1 radical (unpaired) electrons. The number of fused-ring (bicyclic) bond motifs is 3. The van der Waals surface area contributed by atoms with Crippen LogP contribution in [0.25, 0.3) is 0 Å². The van der Waals surface area contributed by atoms with Gasteiger partial charge in [-0.05, 0) is 29.9 Å². The molecule has 3 rings (SSSR count). The zero-order valence-electron chi connectivity index (χ0n) is 11.2. The van der Waals surface area contributed by atoms with Gasteiger partial charge in [-0.15, -0.1) is 0 Å². The molecule has 0 N–H and O–H groups in total. The van der Waals surface area contributed by atoms with E-state index in [2.05, 4.69) is 31.2 Å². The maximum absolute atomic E-state index is 4.00. The molecule has 0 bridgehead atoms. The maximum atomic E-state index is 4.00. The van der Waals surface area contributed by atoms with Gasteiger partial charge in [0.1, 0.15) is 0 Å². The van der Waals surface area contributed by atoms with Crippen LogP contribution in [0.4, 0.5) is 0 Å². The SMILES string of the molecule is [CH2-]CC[C-]1CCC2c3ccccc3CCC2C1.[Y]. The van der Waals surface area contributed by atoms with Crippen molar-refractivity contribution >= 4 is 0 Å². The van der Waals surface area contributed by atoms with E-state index in [-0.39, 0.29) is 32.7 Å². The summed E-state index contributed by atoms with van der Waals surface area (Å²) in [5, 5.41) is 0. The first kappa shape index (κ1) is 14.7. The van der Waals surface area contributed by atoms with Gasteiger partial charge in [-0.2, -0.15) is 12.8 Å². The van der Waals surface area contributed by atoms with Crippen molar-refractivity contribution in [3.8, 4) is 0 Å². The van der Waals surface area contributed by atoms with E-state index in [1.807, 2.05) is 0 Å². The summed E-state index contributed by atoms with van der Waals surface area (Å²) in [6, 6.07) is 9.12. The first-order valence-corrected chi connectivity index (χ1v) is 7.09. The summed E-state index contributed by atoms with van der Waals surface area (Å²) in [6.45, 7) is 4.00. The van der Waals surface area contributed by atoms with E-state index >= 15 is 0 Å². The van der Waals surface area contributed by atoms with Crippen molar-refractivity contribution in [2.75, 3.05) is 0 Å². The average molecular weight is 315 g/mol. The van der Waals surface area contributed by atoms with Crippen LogP contribution in [0.5, 0.6) is 0 Å². The van der Waals surface area contributed by atoms with Crippen LogP contribution in [0.1, 0.15) is 55.6 Å².